The maximum atomic E-state index is 9.88. The fourth-order valence-corrected chi connectivity index (χ4v) is 2.22. The van der Waals surface area contributed by atoms with E-state index in [1.807, 2.05) is 20.8 Å². The van der Waals surface area contributed by atoms with Crippen LogP contribution in [0.15, 0.2) is 0 Å². The van der Waals surface area contributed by atoms with Crippen molar-refractivity contribution in [2.24, 2.45) is 0 Å². The van der Waals surface area contributed by atoms with Crippen LogP contribution in [0.5, 0.6) is 0 Å². The van der Waals surface area contributed by atoms with Crippen LogP contribution in [-0.4, -0.2) is 34.0 Å². The van der Waals surface area contributed by atoms with E-state index in [0.29, 0.717) is 0 Å². The van der Waals surface area contributed by atoms with E-state index >= 15 is 0 Å². The summed E-state index contributed by atoms with van der Waals surface area (Å²) in [5, 5.41) is 17.1. The van der Waals surface area contributed by atoms with Crippen molar-refractivity contribution in [1.29, 1.82) is 0 Å². The summed E-state index contributed by atoms with van der Waals surface area (Å²) in [5.41, 5.74) is 2.90. The van der Waals surface area contributed by atoms with Crippen LogP contribution in [0.2, 0.25) is 0 Å². The fraction of sp³-hybridized carbons (Fsp3) is 0.727. The molecule has 0 spiro atoms. The third-order valence-electron chi connectivity index (χ3n) is 3.25. The summed E-state index contributed by atoms with van der Waals surface area (Å²) in [6.45, 7) is 7.80. The van der Waals surface area contributed by atoms with Gasteiger partial charge < -0.3 is 10.0 Å². The number of rotatable bonds is 1. The van der Waals surface area contributed by atoms with Crippen LogP contribution in [0.1, 0.15) is 31.2 Å². The van der Waals surface area contributed by atoms with E-state index < -0.39 is 5.60 Å². The predicted molar refractivity (Wildman–Crippen MR) is 60.1 cm³/mol. The van der Waals surface area contributed by atoms with Gasteiger partial charge in [-0.2, -0.15) is 5.10 Å². The summed E-state index contributed by atoms with van der Waals surface area (Å²) in [6.07, 6.45) is 1.66. The van der Waals surface area contributed by atoms with E-state index in [0.717, 1.165) is 37.3 Å². The molecule has 2 heterocycles. The Kier molecular flexibility index (Phi) is 2.46. The Morgan fingerprint density at radius 3 is 2.40 bits per heavy atom. The molecule has 15 heavy (non-hydrogen) atoms. The van der Waals surface area contributed by atoms with Gasteiger partial charge in [-0.3, -0.25) is 5.10 Å². The average molecular weight is 209 g/mol. The third-order valence-corrected chi connectivity index (χ3v) is 3.25. The molecule has 1 aromatic heterocycles. The van der Waals surface area contributed by atoms with Gasteiger partial charge in [0.05, 0.1) is 22.7 Å². The van der Waals surface area contributed by atoms with Crippen molar-refractivity contribution in [3.8, 4) is 0 Å². The number of aromatic amines is 1. The molecule has 2 N–H and O–H groups in total. The Hall–Kier alpha value is -1.03. The first kappa shape index (κ1) is 10.5. The summed E-state index contributed by atoms with van der Waals surface area (Å²) in [6, 6.07) is 0. The van der Waals surface area contributed by atoms with Gasteiger partial charge in [-0.25, -0.2) is 0 Å². The molecule has 1 aliphatic heterocycles. The van der Waals surface area contributed by atoms with Gasteiger partial charge in [-0.1, -0.05) is 0 Å². The first-order valence-electron chi connectivity index (χ1n) is 5.48. The van der Waals surface area contributed by atoms with Crippen LogP contribution in [0.4, 0.5) is 5.69 Å². The van der Waals surface area contributed by atoms with Gasteiger partial charge in [-0.05, 0) is 33.6 Å². The summed E-state index contributed by atoms with van der Waals surface area (Å²) in [4.78, 5) is 2.31. The molecule has 0 aliphatic carbocycles. The Labute approximate surface area is 90.3 Å². The first-order chi connectivity index (χ1) is 6.99. The number of nitrogens with zero attached hydrogens (tertiary/aromatic N) is 2. The van der Waals surface area contributed by atoms with Crippen molar-refractivity contribution in [1.82, 2.24) is 10.2 Å². The van der Waals surface area contributed by atoms with Crippen LogP contribution in [0.3, 0.4) is 0 Å². The number of H-pyrrole nitrogens is 1. The van der Waals surface area contributed by atoms with Crippen molar-refractivity contribution in [2.45, 2.75) is 39.2 Å². The highest BCUT2D eigenvalue weighted by Crippen LogP contribution is 2.29. The lowest BCUT2D eigenvalue weighted by molar-refractivity contribution is 0.0351. The smallest absolute Gasteiger partial charge is 0.0827 e. The maximum Gasteiger partial charge on any atom is 0.0827 e. The van der Waals surface area contributed by atoms with Crippen LogP contribution < -0.4 is 4.90 Å². The topological polar surface area (TPSA) is 52.2 Å². The summed E-state index contributed by atoms with van der Waals surface area (Å²) in [7, 11) is 0. The standard InChI is InChI=1S/C11H19N3O/c1-8-10(9(2)13-12-8)14-6-4-11(3,15)5-7-14/h15H,4-7H2,1-3H3,(H,12,13). The van der Waals surface area contributed by atoms with Gasteiger partial charge in [0.1, 0.15) is 0 Å². The molecule has 4 heteroatoms. The quantitative estimate of drug-likeness (QED) is 0.734. The minimum absolute atomic E-state index is 0.484. The Morgan fingerprint density at radius 2 is 1.93 bits per heavy atom. The minimum atomic E-state index is -0.484. The van der Waals surface area contributed by atoms with Crippen molar-refractivity contribution >= 4 is 5.69 Å². The van der Waals surface area contributed by atoms with E-state index in [1.165, 1.54) is 5.69 Å². The number of nitrogens with one attached hydrogen (secondary N) is 1. The van der Waals surface area contributed by atoms with Crippen molar-refractivity contribution in [3.63, 3.8) is 0 Å². The van der Waals surface area contributed by atoms with Crippen LogP contribution in [0, 0.1) is 13.8 Å². The largest absolute Gasteiger partial charge is 0.390 e. The lowest BCUT2D eigenvalue weighted by Gasteiger charge is -2.37. The molecule has 2 rings (SSSR count). The monoisotopic (exact) mass is 209 g/mol. The molecule has 0 atom stereocenters. The second kappa shape index (κ2) is 3.52. The summed E-state index contributed by atoms with van der Waals surface area (Å²) < 4.78 is 0. The minimum Gasteiger partial charge on any atom is -0.390 e. The van der Waals surface area contributed by atoms with Crippen molar-refractivity contribution in [2.75, 3.05) is 18.0 Å². The van der Waals surface area contributed by atoms with Crippen LogP contribution >= 0.6 is 0 Å². The zero-order valence-electron chi connectivity index (χ0n) is 9.67. The van der Waals surface area contributed by atoms with Gasteiger partial charge in [-0.15, -0.1) is 0 Å². The molecule has 1 aromatic rings. The first-order valence-corrected chi connectivity index (χ1v) is 5.48. The molecule has 0 radical (unpaired) electrons. The van der Waals surface area contributed by atoms with Gasteiger partial charge >= 0.3 is 0 Å². The van der Waals surface area contributed by atoms with Crippen molar-refractivity contribution in [3.05, 3.63) is 11.4 Å². The molecule has 0 unspecified atom stereocenters. The molecule has 0 amide bonds. The number of anilines is 1. The molecule has 0 aromatic carbocycles. The van der Waals surface area contributed by atoms with E-state index in [2.05, 4.69) is 15.1 Å². The van der Waals surface area contributed by atoms with Crippen LogP contribution in [-0.2, 0) is 0 Å². The van der Waals surface area contributed by atoms with Crippen molar-refractivity contribution < 1.29 is 5.11 Å². The zero-order chi connectivity index (χ0) is 11.1. The van der Waals surface area contributed by atoms with Gasteiger partial charge in [0.15, 0.2) is 0 Å². The normalized spacial score (nSPS) is 20.7. The number of aryl methyl sites for hydroxylation is 2. The second-order valence-corrected chi connectivity index (χ2v) is 4.77. The van der Waals surface area contributed by atoms with E-state index in [-0.39, 0.29) is 0 Å². The Balaban J connectivity index is 2.14. The number of hydrogen-bond acceptors (Lipinski definition) is 3. The molecule has 84 valence electrons. The molecular weight excluding hydrogens is 190 g/mol. The number of piperidine rings is 1. The van der Waals surface area contributed by atoms with E-state index in [4.69, 9.17) is 0 Å². The number of aliphatic hydroxyl groups is 1. The number of hydrogen-bond donors (Lipinski definition) is 2. The van der Waals surface area contributed by atoms with Gasteiger partial charge in [0.25, 0.3) is 0 Å². The number of aromatic nitrogens is 2. The highest BCUT2D eigenvalue weighted by Gasteiger charge is 2.29. The molecule has 0 saturated carbocycles. The highest BCUT2D eigenvalue weighted by molar-refractivity contribution is 5.54. The zero-order valence-corrected chi connectivity index (χ0v) is 9.67. The van der Waals surface area contributed by atoms with E-state index in [9.17, 15) is 5.11 Å². The lowest BCUT2D eigenvalue weighted by atomic mass is 9.93. The molecule has 1 saturated heterocycles. The Morgan fingerprint density at radius 1 is 1.33 bits per heavy atom. The van der Waals surface area contributed by atoms with Gasteiger partial charge in [0, 0.05) is 13.1 Å². The SMILES string of the molecule is Cc1n[nH]c(C)c1N1CCC(C)(O)CC1. The molecule has 1 aliphatic rings. The molecule has 0 bridgehead atoms. The van der Waals surface area contributed by atoms with E-state index in [1.54, 1.807) is 0 Å². The highest BCUT2D eigenvalue weighted by atomic mass is 16.3. The van der Waals surface area contributed by atoms with Gasteiger partial charge in [0.2, 0.25) is 0 Å². The fourth-order valence-electron chi connectivity index (χ4n) is 2.22. The second-order valence-electron chi connectivity index (χ2n) is 4.77. The molecule has 4 nitrogen and oxygen atoms in total. The average Bonchev–Trinajstić information content (AvgIpc) is 2.48. The maximum absolute atomic E-state index is 9.88. The van der Waals surface area contributed by atoms with Crippen LogP contribution in [0.25, 0.3) is 0 Å². The third kappa shape index (κ3) is 2.00. The summed E-state index contributed by atoms with van der Waals surface area (Å²) >= 11 is 0. The Bertz CT molecular complexity index is 327. The molecular formula is C11H19N3O. The summed E-state index contributed by atoms with van der Waals surface area (Å²) in [5.74, 6) is 0. The molecule has 1 fully saturated rings. The lowest BCUT2D eigenvalue weighted by Crippen LogP contribution is -2.42. The predicted octanol–water partition coefficient (Wildman–Crippen LogP) is 1.38.